The fraction of sp³-hybridized carbons (Fsp3) is 0.500. The first-order chi connectivity index (χ1) is 9.17. The van der Waals surface area contributed by atoms with E-state index in [0.717, 1.165) is 19.3 Å². The molecule has 1 amide bonds. The predicted molar refractivity (Wildman–Crippen MR) is 70.6 cm³/mol. The van der Waals surface area contributed by atoms with Gasteiger partial charge >= 0.3 is 0 Å². The van der Waals surface area contributed by atoms with Gasteiger partial charge in [-0.15, -0.1) is 0 Å². The largest absolute Gasteiger partial charge is 0.504 e. The molecule has 2 atom stereocenters. The van der Waals surface area contributed by atoms with Crippen molar-refractivity contribution in [3.63, 3.8) is 0 Å². The number of phenols is 1. The van der Waals surface area contributed by atoms with Gasteiger partial charge in [0.05, 0.1) is 24.8 Å². The summed E-state index contributed by atoms with van der Waals surface area (Å²) in [7, 11) is 3.10. The lowest BCUT2D eigenvalue weighted by Crippen LogP contribution is -2.40. The SMILES string of the molecule is COc1cccc(C(=O)NC2CCCC2OC)c1O. The average Bonchev–Trinajstić information content (AvgIpc) is 2.86. The van der Waals surface area contributed by atoms with Crippen molar-refractivity contribution in [2.24, 2.45) is 0 Å². The number of carbonyl (C=O) groups is 1. The van der Waals surface area contributed by atoms with Crippen LogP contribution in [0.3, 0.4) is 0 Å². The van der Waals surface area contributed by atoms with Crippen molar-refractivity contribution in [1.29, 1.82) is 0 Å². The Morgan fingerprint density at radius 3 is 2.84 bits per heavy atom. The number of aromatic hydroxyl groups is 1. The van der Waals surface area contributed by atoms with Gasteiger partial charge in [0.2, 0.25) is 0 Å². The highest BCUT2D eigenvalue weighted by molar-refractivity contribution is 5.97. The molecule has 19 heavy (non-hydrogen) atoms. The monoisotopic (exact) mass is 265 g/mol. The lowest BCUT2D eigenvalue weighted by molar-refractivity contribution is 0.0720. The third-order valence-electron chi connectivity index (χ3n) is 3.54. The van der Waals surface area contributed by atoms with Crippen LogP contribution in [0.5, 0.6) is 11.5 Å². The maximum Gasteiger partial charge on any atom is 0.255 e. The summed E-state index contributed by atoms with van der Waals surface area (Å²) in [6.45, 7) is 0. The first kappa shape index (κ1) is 13.7. The number of nitrogens with one attached hydrogen (secondary N) is 1. The molecule has 0 aliphatic heterocycles. The Kier molecular flexibility index (Phi) is 4.27. The zero-order valence-electron chi connectivity index (χ0n) is 11.2. The van der Waals surface area contributed by atoms with Crippen molar-refractivity contribution >= 4 is 5.91 Å². The molecule has 0 radical (unpaired) electrons. The fourth-order valence-corrected chi connectivity index (χ4v) is 2.49. The number of methoxy groups -OCH3 is 2. The van der Waals surface area contributed by atoms with Crippen molar-refractivity contribution < 1.29 is 19.4 Å². The molecule has 2 unspecified atom stereocenters. The molecule has 5 nitrogen and oxygen atoms in total. The van der Waals surface area contributed by atoms with Crippen LogP contribution in [0, 0.1) is 0 Å². The number of ether oxygens (including phenoxy) is 2. The average molecular weight is 265 g/mol. The predicted octanol–water partition coefficient (Wildman–Crippen LogP) is 1.70. The molecule has 2 N–H and O–H groups in total. The minimum Gasteiger partial charge on any atom is -0.504 e. The van der Waals surface area contributed by atoms with E-state index in [2.05, 4.69) is 5.32 Å². The van der Waals surface area contributed by atoms with E-state index in [4.69, 9.17) is 9.47 Å². The molecule has 1 aromatic rings. The summed E-state index contributed by atoms with van der Waals surface area (Å²) >= 11 is 0. The van der Waals surface area contributed by atoms with Crippen LogP contribution in [-0.2, 0) is 4.74 Å². The number of carbonyl (C=O) groups excluding carboxylic acids is 1. The van der Waals surface area contributed by atoms with E-state index < -0.39 is 0 Å². The highest BCUT2D eigenvalue weighted by Crippen LogP contribution is 2.30. The number of hydrogen-bond acceptors (Lipinski definition) is 4. The summed E-state index contributed by atoms with van der Waals surface area (Å²) in [6, 6.07) is 4.86. The Hall–Kier alpha value is -1.75. The lowest BCUT2D eigenvalue weighted by atomic mass is 10.1. The smallest absolute Gasteiger partial charge is 0.255 e. The van der Waals surface area contributed by atoms with Crippen LogP contribution in [0.2, 0.25) is 0 Å². The van der Waals surface area contributed by atoms with Crippen molar-refractivity contribution in [3.05, 3.63) is 23.8 Å². The van der Waals surface area contributed by atoms with Crippen LogP contribution in [-0.4, -0.2) is 37.4 Å². The van der Waals surface area contributed by atoms with Gasteiger partial charge in [0, 0.05) is 7.11 Å². The molecule has 104 valence electrons. The van der Waals surface area contributed by atoms with Crippen LogP contribution < -0.4 is 10.1 Å². The molecule has 5 heteroatoms. The molecule has 1 fully saturated rings. The van der Waals surface area contributed by atoms with Gasteiger partial charge in [0.25, 0.3) is 5.91 Å². The van der Waals surface area contributed by atoms with E-state index in [1.807, 2.05) is 0 Å². The van der Waals surface area contributed by atoms with Gasteiger partial charge in [0.1, 0.15) is 0 Å². The second kappa shape index (κ2) is 5.93. The quantitative estimate of drug-likeness (QED) is 0.869. The Balaban J connectivity index is 2.12. The zero-order valence-corrected chi connectivity index (χ0v) is 11.2. The summed E-state index contributed by atoms with van der Waals surface area (Å²) in [5.74, 6) is -0.137. The number of benzene rings is 1. The maximum absolute atomic E-state index is 12.2. The van der Waals surface area contributed by atoms with E-state index in [0.29, 0.717) is 5.75 Å². The maximum atomic E-state index is 12.2. The van der Waals surface area contributed by atoms with Crippen molar-refractivity contribution in [1.82, 2.24) is 5.32 Å². The van der Waals surface area contributed by atoms with Gasteiger partial charge in [-0.2, -0.15) is 0 Å². The number of hydrogen-bond donors (Lipinski definition) is 2. The summed E-state index contributed by atoms with van der Waals surface area (Å²) in [4.78, 5) is 12.2. The van der Waals surface area contributed by atoms with Crippen LogP contribution in [0.25, 0.3) is 0 Å². The number of amides is 1. The van der Waals surface area contributed by atoms with Crippen molar-refractivity contribution in [3.8, 4) is 11.5 Å². The fourth-order valence-electron chi connectivity index (χ4n) is 2.49. The standard InChI is InChI=1S/C14H19NO4/c1-18-11-7-4-6-10(11)15-14(17)9-5-3-8-12(19-2)13(9)16/h3,5,8,10-11,16H,4,6-7H2,1-2H3,(H,15,17). The molecule has 1 aliphatic rings. The second-order valence-corrected chi connectivity index (χ2v) is 4.64. The van der Waals surface area contributed by atoms with E-state index >= 15 is 0 Å². The van der Waals surface area contributed by atoms with Crippen molar-refractivity contribution in [2.45, 2.75) is 31.4 Å². The Labute approximate surface area is 112 Å². The van der Waals surface area contributed by atoms with Crippen LogP contribution >= 0.6 is 0 Å². The molecule has 1 aliphatic carbocycles. The molecule has 2 rings (SSSR count). The number of phenolic OH excluding ortho intramolecular Hbond substituents is 1. The Morgan fingerprint density at radius 2 is 2.16 bits per heavy atom. The summed E-state index contributed by atoms with van der Waals surface area (Å²) < 4.78 is 10.3. The molecule has 0 saturated heterocycles. The molecular formula is C14H19NO4. The third kappa shape index (κ3) is 2.81. The first-order valence-corrected chi connectivity index (χ1v) is 6.37. The second-order valence-electron chi connectivity index (χ2n) is 4.64. The topological polar surface area (TPSA) is 67.8 Å². The van der Waals surface area contributed by atoms with Crippen LogP contribution in [0.4, 0.5) is 0 Å². The molecule has 1 aromatic carbocycles. The van der Waals surface area contributed by atoms with Crippen molar-refractivity contribution in [2.75, 3.05) is 14.2 Å². The summed E-state index contributed by atoms with van der Waals surface area (Å²) in [6.07, 6.45) is 2.94. The first-order valence-electron chi connectivity index (χ1n) is 6.37. The molecule has 0 aromatic heterocycles. The Morgan fingerprint density at radius 1 is 1.37 bits per heavy atom. The van der Waals surface area contributed by atoms with Crippen LogP contribution in [0.15, 0.2) is 18.2 Å². The van der Waals surface area contributed by atoms with Gasteiger partial charge in [-0.3, -0.25) is 4.79 Å². The third-order valence-corrected chi connectivity index (χ3v) is 3.54. The van der Waals surface area contributed by atoms with Gasteiger partial charge in [0.15, 0.2) is 11.5 Å². The van der Waals surface area contributed by atoms with E-state index in [1.165, 1.54) is 7.11 Å². The highest BCUT2D eigenvalue weighted by Gasteiger charge is 2.29. The van der Waals surface area contributed by atoms with E-state index in [9.17, 15) is 9.90 Å². The van der Waals surface area contributed by atoms with E-state index in [-0.39, 0.29) is 29.4 Å². The summed E-state index contributed by atoms with van der Waals surface area (Å²) in [5.41, 5.74) is 0.223. The lowest BCUT2D eigenvalue weighted by Gasteiger charge is -2.20. The van der Waals surface area contributed by atoms with Gasteiger partial charge in [-0.05, 0) is 31.4 Å². The van der Waals surface area contributed by atoms with Gasteiger partial charge in [-0.25, -0.2) is 0 Å². The minimum atomic E-state index is -0.301. The van der Waals surface area contributed by atoms with Crippen LogP contribution in [0.1, 0.15) is 29.6 Å². The number of rotatable bonds is 4. The summed E-state index contributed by atoms with van der Waals surface area (Å²) in [5, 5.41) is 12.8. The molecular weight excluding hydrogens is 246 g/mol. The van der Waals surface area contributed by atoms with Gasteiger partial charge in [-0.1, -0.05) is 6.07 Å². The zero-order chi connectivity index (χ0) is 13.8. The molecule has 0 heterocycles. The molecule has 1 saturated carbocycles. The Bertz CT molecular complexity index is 461. The normalized spacial score (nSPS) is 22.2. The molecule has 0 spiro atoms. The molecule has 0 bridgehead atoms. The van der Waals surface area contributed by atoms with E-state index in [1.54, 1.807) is 25.3 Å². The minimum absolute atomic E-state index is 0.00287. The highest BCUT2D eigenvalue weighted by atomic mass is 16.5. The van der Waals surface area contributed by atoms with Gasteiger partial charge < -0.3 is 19.9 Å². The number of para-hydroxylation sites is 1.